The highest BCUT2D eigenvalue weighted by molar-refractivity contribution is 5.58. The first kappa shape index (κ1) is 7.73. The monoisotopic (exact) mass is 141 g/mol. The Balaban J connectivity index is 2.19. The van der Waals surface area contributed by atoms with E-state index in [1.54, 1.807) is 6.21 Å². The summed E-state index contributed by atoms with van der Waals surface area (Å²) in [6.07, 6.45) is 8.05. The summed E-state index contributed by atoms with van der Waals surface area (Å²) in [5, 5.41) is 8.45. The fourth-order valence-electron chi connectivity index (χ4n) is 1.43. The van der Waals surface area contributed by atoms with Crippen molar-refractivity contribution in [2.45, 2.75) is 38.1 Å². The number of rotatable bonds is 2. The second-order valence-electron chi connectivity index (χ2n) is 2.81. The molecular weight excluding hydrogens is 126 g/mol. The van der Waals surface area contributed by atoms with Gasteiger partial charge in [-0.2, -0.15) is 0 Å². The van der Waals surface area contributed by atoms with Crippen LogP contribution in [0.5, 0.6) is 0 Å². The standard InChI is InChI=1S/C8H15NO/c10-7-6-9-8-4-2-1-3-5-8/h6,8,10H,1-5,7H2/b9-6+. The Morgan fingerprint density at radius 2 is 2.00 bits per heavy atom. The zero-order valence-electron chi connectivity index (χ0n) is 6.29. The van der Waals surface area contributed by atoms with E-state index in [2.05, 4.69) is 4.99 Å². The van der Waals surface area contributed by atoms with Gasteiger partial charge in [0.1, 0.15) is 0 Å². The van der Waals surface area contributed by atoms with Crippen molar-refractivity contribution in [3.63, 3.8) is 0 Å². The van der Waals surface area contributed by atoms with Crippen LogP contribution in [0.4, 0.5) is 0 Å². The molecule has 1 fully saturated rings. The first-order valence-electron chi connectivity index (χ1n) is 4.06. The van der Waals surface area contributed by atoms with Gasteiger partial charge in [-0.15, -0.1) is 0 Å². The highest BCUT2D eigenvalue weighted by atomic mass is 16.2. The molecule has 0 aromatic rings. The van der Waals surface area contributed by atoms with E-state index in [-0.39, 0.29) is 6.61 Å². The first-order chi connectivity index (χ1) is 4.93. The van der Waals surface area contributed by atoms with Gasteiger partial charge in [-0.25, -0.2) is 0 Å². The fraction of sp³-hybridized carbons (Fsp3) is 0.875. The van der Waals surface area contributed by atoms with Gasteiger partial charge < -0.3 is 5.11 Å². The Hall–Kier alpha value is -0.370. The molecule has 0 heterocycles. The molecule has 0 aromatic heterocycles. The van der Waals surface area contributed by atoms with E-state index in [1.807, 2.05) is 0 Å². The van der Waals surface area contributed by atoms with Gasteiger partial charge >= 0.3 is 0 Å². The van der Waals surface area contributed by atoms with E-state index in [1.165, 1.54) is 32.1 Å². The van der Waals surface area contributed by atoms with Gasteiger partial charge in [-0.1, -0.05) is 19.3 Å². The van der Waals surface area contributed by atoms with E-state index in [4.69, 9.17) is 5.11 Å². The van der Waals surface area contributed by atoms with Crippen molar-refractivity contribution in [1.29, 1.82) is 0 Å². The number of hydrogen-bond donors (Lipinski definition) is 1. The van der Waals surface area contributed by atoms with Crippen LogP contribution in [0.3, 0.4) is 0 Å². The minimum Gasteiger partial charge on any atom is -0.391 e. The minimum atomic E-state index is 0.0938. The fourth-order valence-corrected chi connectivity index (χ4v) is 1.43. The topological polar surface area (TPSA) is 32.6 Å². The van der Waals surface area contributed by atoms with Crippen LogP contribution in [-0.4, -0.2) is 24.0 Å². The molecule has 2 nitrogen and oxygen atoms in total. The Morgan fingerprint density at radius 1 is 1.30 bits per heavy atom. The van der Waals surface area contributed by atoms with Gasteiger partial charge in [0.15, 0.2) is 0 Å². The molecule has 0 amide bonds. The van der Waals surface area contributed by atoms with Crippen LogP contribution in [0.25, 0.3) is 0 Å². The highest BCUT2D eigenvalue weighted by Crippen LogP contribution is 2.19. The van der Waals surface area contributed by atoms with Crippen molar-refractivity contribution in [2.24, 2.45) is 4.99 Å². The Labute approximate surface area is 62.0 Å². The largest absolute Gasteiger partial charge is 0.391 e. The van der Waals surface area contributed by atoms with E-state index in [0.717, 1.165) is 0 Å². The van der Waals surface area contributed by atoms with E-state index >= 15 is 0 Å². The number of aliphatic hydroxyl groups is 1. The molecule has 1 rings (SSSR count). The molecule has 10 heavy (non-hydrogen) atoms. The van der Waals surface area contributed by atoms with Crippen LogP contribution in [0, 0.1) is 0 Å². The molecule has 58 valence electrons. The number of aliphatic hydroxyl groups excluding tert-OH is 1. The SMILES string of the molecule is OC/C=N/C1CCCCC1. The summed E-state index contributed by atoms with van der Waals surface area (Å²) in [5.74, 6) is 0. The predicted molar refractivity (Wildman–Crippen MR) is 42.5 cm³/mol. The van der Waals surface area contributed by atoms with Gasteiger partial charge in [0.05, 0.1) is 6.61 Å². The average molecular weight is 141 g/mol. The van der Waals surface area contributed by atoms with Crippen LogP contribution >= 0.6 is 0 Å². The molecule has 0 radical (unpaired) electrons. The van der Waals surface area contributed by atoms with Gasteiger partial charge in [-0.3, -0.25) is 4.99 Å². The highest BCUT2D eigenvalue weighted by Gasteiger charge is 2.09. The lowest BCUT2D eigenvalue weighted by molar-refractivity contribution is 0.359. The summed E-state index contributed by atoms with van der Waals surface area (Å²) < 4.78 is 0. The number of nitrogens with zero attached hydrogens (tertiary/aromatic N) is 1. The number of hydrogen-bond acceptors (Lipinski definition) is 2. The molecule has 0 atom stereocenters. The Morgan fingerprint density at radius 3 is 2.60 bits per heavy atom. The summed E-state index contributed by atoms with van der Waals surface area (Å²) in [6, 6.07) is 0.515. The zero-order valence-corrected chi connectivity index (χ0v) is 6.29. The third-order valence-corrected chi connectivity index (χ3v) is 1.97. The van der Waals surface area contributed by atoms with Crippen LogP contribution in [-0.2, 0) is 0 Å². The molecule has 1 N–H and O–H groups in total. The van der Waals surface area contributed by atoms with E-state index in [9.17, 15) is 0 Å². The van der Waals surface area contributed by atoms with Crippen molar-refractivity contribution in [3.8, 4) is 0 Å². The molecule has 2 heteroatoms. The molecule has 0 aliphatic heterocycles. The summed E-state index contributed by atoms with van der Waals surface area (Å²) in [5.41, 5.74) is 0. The smallest absolute Gasteiger partial charge is 0.0779 e. The first-order valence-corrected chi connectivity index (χ1v) is 4.06. The maximum Gasteiger partial charge on any atom is 0.0779 e. The molecule has 0 bridgehead atoms. The van der Waals surface area contributed by atoms with E-state index < -0.39 is 0 Å². The van der Waals surface area contributed by atoms with Gasteiger partial charge in [0, 0.05) is 12.3 Å². The summed E-state index contributed by atoms with van der Waals surface area (Å²) in [7, 11) is 0. The summed E-state index contributed by atoms with van der Waals surface area (Å²) in [4.78, 5) is 4.23. The van der Waals surface area contributed by atoms with E-state index in [0.29, 0.717) is 6.04 Å². The van der Waals surface area contributed by atoms with Gasteiger partial charge in [-0.05, 0) is 12.8 Å². The second kappa shape index (κ2) is 4.45. The molecule has 0 unspecified atom stereocenters. The average Bonchev–Trinajstić information content (AvgIpc) is 2.03. The van der Waals surface area contributed by atoms with Crippen molar-refractivity contribution < 1.29 is 5.11 Å². The molecular formula is C8H15NO. The molecule has 0 saturated heterocycles. The van der Waals surface area contributed by atoms with Crippen LogP contribution in [0.15, 0.2) is 4.99 Å². The van der Waals surface area contributed by atoms with Crippen molar-refractivity contribution in [1.82, 2.24) is 0 Å². The lowest BCUT2D eigenvalue weighted by Crippen LogP contribution is -2.09. The summed E-state index contributed by atoms with van der Waals surface area (Å²) in [6.45, 7) is 0.0938. The van der Waals surface area contributed by atoms with Crippen LogP contribution < -0.4 is 0 Å². The Bertz CT molecular complexity index is 106. The molecule has 1 aliphatic rings. The van der Waals surface area contributed by atoms with Crippen molar-refractivity contribution >= 4 is 6.21 Å². The molecule has 1 aliphatic carbocycles. The zero-order chi connectivity index (χ0) is 7.23. The summed E-state index contributed by atoms with van der Waals surface area (Å²) >= 11 is 0. The normalized spacial score (nSPS) is 22.1. The van der Waals surface area contributed by atoms with Gasteiger partial charge in [0.25, 0.3) is 0 Å². The third kappa shape index (κ3) is 2.48. The lowest BCUT2D eigenvalue weighted by Gasteiger charge is -2.16. The lowest BCUT2D eigenvalue weighted by atomic mass is 9.96. The number of aliphatic imine (C=N–C) groups is 1. The maximum absolute atomic E-state index is 8.45. The van der Waals surface area contributed by atoms with Crippen molar-refractivity contribution in [2.75, 3.05) is 6.61 Å². The van der Waals surface area contributed by atoms with Crippen LogP contribution in [0.1, 0.15) is 32.1 Å². The maximum atomic E-state index is 8.45. The molecule has 1 saturated carbocycles. The Kier molecular flexibility index (Phi) is 3.44. The second-order valence-corrected chi connectivity index (χ2v) is 2.81. The van der Waals surface area contributed by atoms with Crippen LogP contribution in [0.2, 0.25) is 0 Å². The quantitative estimate of drug-likeness (QED) is 0.579. The molecule has 0 spiro atoms. The van der Waals surface area contributed by atoms with Crippen molar-refractivity contribution in [3.05, 3.63) is 0 Å². The molecule has 0 aromatic carbocycles. The third-order valence-electron chi connectivity index (χ3n) is 1.97. The van der Waals surface area contributed by atoms with Gasteiger partial charge in [0.2, 0.25) is 0 Å². The minimum absolute atomic E-state index is 0.0938. The predicted octanol–water partition coefficient (Wildman–Crippen LogP) is 1.38.